The summed E-state index contributed by atoms with van der Waals surface area (Å²) in [5, 5.41) is 11.7. The van der Waals surface area contributed by atoms with Crippen LogP contribution in [0.15, 0.2) is 42.5 Å². The summed E-state index contributed by atoms with van der Waals surface area (Å²) in [6.45, 7) is 0. The summed E-state index contributed by atoms with van der Waals surface area (Å²) >= 11 is 12.0. The molecule has 0 spiro atoms. The fourth-order valence-electron chi connectivity index (χ4n) is 2.83. The summed E-state index contributed by atoms with van der Waals surface area (Å²) < 4.78 is 0. The van der Waals surface area contributed by atoms with Crippen molar-refractivity contribution >= 4 is 23.2 Å². The van der Waals surface area contributed by atoms with Crippen molar-refractivity contribution in [1.82, 2.24) is 0 Å². The Morgan fingerprint density at radius 1 is 1.00 bits per heavy atom. The number of hydrogen-bond acceptors (Lipinski definition) is 1. The molecule has 0 fully saturated rings. The first kappa shape index (κ1) is 13.0. The van der Waals surface area contributed by atoms with Gasteiger partial charge in [-0.15, -0.1) is 0 Å². The molecule has 3 heteroatoms. The molecule has 98 valence electrons. The van der Waals surface area contributed by atoms with Gasteiger partial charge >= 0.3 is 0 Å². The van der Waals surface area contributed by atoms with E-state index in [2.05, 4.69) is 6.07 Å². The average molecular weight is 293 g/mol. The van der Waals surface area contributed by atoms with Gasteiger partial charge in [0.1, 0.15) is 0 Å². The van der Waals surface area contributed by atoms with E-state index in [9.17, 15) is 5.11 Å². The lowest BCUT2D eigenvalue weighted by Gasteiger charge is -2.30. The van der Waals surface area contributed by atoms with E-state index < -0.39 is 6.10 Å². The van der Waals surface area contributed by atoms with E-state index >= 15 is 0 Å². The van der Waals surface area contributed by atoms with Crippen LogP contribution in [0.2, 0.25) is 10.0 Å². The zero-order valence-corrected chi connectivity index (χ0v) is 11.8. The zero-order chi connectivity index (χ0) is 13.4. The van der Waals surface area contributed by atoms with Gasteiger partial charge in [0, 0.05) is 5.92 Å². The van der Waals surface area contributed by atoms with Gasteiger partial charge in [0.2, 0.25) is 0 Å². The molecule has 19 heavy (non-hydrogen) atoms. The first-order valence-electron chi connectivity index (χ1n) is 6.37. The lowest BCUT2D eigenvalue weighted by molar-refractivity contribution is 0.131. The van der Waals surface area contributed by atoms with Crippen LogP contribution in [0.25, 0.3) is 0 Å². The standard InChI is InChI=1S/C16H14Cl2O/c17-14-8-6-11(9-15(14)18)13-7-5-10-3-1-2-4-12(10)16(13)19/h1-4,6,8-9,13,16,19H,5,7H2/t13-,16+/m0/s1. The van der Waals surface area contributed by atoms with Gasteiger partial charge in [-0.3, -0.25) is 0 Å². The van der Waals surface area contributed by atoms with Crippen LogP contribution < -0.4 is 0 Å². The van der Waals surface area contributed by atoms with Crippen LogP contribution in [0.1, 0.15) is 35.1 Å². The monoisotopic (exact) mass is 292 g/mol. The number of benzene rings is 2. The third-order valence-electron chi connectivity index (χ3n) is 3.85. The molecule has 2 aromatic rings. The SMILES string of the molecule is O[C@@H]1c2ccccc2CC[C@H]1c1ccc(Cl)c(Cl)c1. The highest BCUT2D eigenvalue weighted by Gasteiger charge is 2.28. The van der Waals surface area contributed by atoms with Crippen molar-refractivity contribution in [3.05, 3.63) is 69.2 Å². The number of fused-ring (bicyclic) bond motifs is 1. The van der Waals surface area contributed by atoms with Gasteiger partial charge in [0.05, 0.1) is 16.1 Å². The van der Waals surface area contributed by atoms with Crippen molar-refractivity contribution in [3.8, 4) is 0 Å². The largest absolute Gasteiger partial charge is 0.388 e. The first-order chi connectivity index (χ1) is 9.16. The van der Waals surface area contributed by atoms with E-state index in [1.165, 1.54) is 5.56 Å². The minimum Gasteiger partial charge on any atom is -0.388 e. The van der Waals surface area contributed by atoms with Crippen LogP contribution in [0, 0.1) is 0 Å². The smallest absolute Gasteiger partial charge is 0.0861 e. The summed E-state index contributed by atoms with van der Waals surface area (Å²) in [6.07, 6.45) is 1.44. The second kappa shape index (κ2) is 5.16. The molecule has 0 amide bonds. The van der Waals surface area contributed by atoms with E-state index in [1.54, 1.807) is 6.07 Å². The normalized spacial score (nSPS) is 22.1. The topological polar surface area (TPSA) is 20.2 Å². The number of rotatable bonds is 1. The number of hydrogen-bond donors (Lipinski definition) is 1. The van der Waals surface area contributed by atoms with Crippen molar-refractivity contribution in [2.75, 3.05) is 0 Å². The highest BCUT2D eigenvalue weighted by molar-refractivity contribution is 6.42. The molecule has 2 aromatic carbocycles. The fourth-order valence-corrected chi connectivity index (χ4v) is 3.13. The van der Waals surface area contributed by atoms with Gasteiger partial charge in [-0.05, 0) is 41.7 Å². The van der Waals surface area contributed by atoms with Crippen molar-refractivity contribution in [2.45, 2.75) is 24.9 Å². The Labute approximate surface area is 122 Å². The van der Waals surface area contributed by atoms with E-state index in [0.29, 0.717) is 10.0 Å². The molecule has 0 saturated heterocycles. The van der Waals surface area contributed by atoms with Crippen molar-refractivity contribution in [2.24, 2.45) is 0 Å². The molecule has 0 bridgehead atoms. The van der Waals surface area contributed by atoms with Crippen LogP contribution in [0.4, 0.5) is 0 Å². The Bertz CT molecular complexity index is 609. The van der Waals surface area contributed by atoms with Crippen LogP contribution in [-0.4, -0.2) is 5.11 Å². The minimum absolute atomic E-state index is 0.0877. The molecule has 0 aliphatic heterocycles. The maximum Gasteiger partial charge on any atom is 0.0861 e. The molecule has 0 aromatic heterocycles. The number of aliphatic hydroxyl groups is 1. The minimum atomic E-state index is -0.470. The quantitative estimate of drug-likeness (QED) is 0.804. The van der Waals surface area contributed by atoms with Crippen LogP contribution >= 0.6 is 23.2 Å². The summed E-state index contributed by atoms with van der Waals surface area (Å²) in [7, 11) is 0. The number of aliphatic hydroxyl groups excluding tert-OH is 1. The Morgan fingerprint density at radius 2 is 1.79 bits per heavy atom. The summed E-state index contributed by atoms with van der Waals surface area (Å²) in [5.74, 6) is 0.0877. The summed E-state index contributed by atoms with van der Waals surface area (Å²) in [5.41, 5.74) is 3.33. The molecule has 1 N–H and O–H groups in total. The molecule has 0 saturated carbocycles. The van der Waals surface area contributed by atoms with E-state index in [4.69, 9.17) is 23.2 Å². The molecular formula is C16H14Cl2O. The maximum atomic E-state index is 10.6. The van der Waals surface area contributed by atoms with Crippen LogP contribution in [-0.2, 0) is 6.42 Å². The van der Waals surface area contributed by atoms with Crippen LogP contribution in [0.5, 0.6) is 0 Å². The van der Waals surface area contributed by atoms with Crippen molar-refractivity contribution in [3.63, 3.8) is 0 Å². The van der Waals surface area contributed by atoms with Gasteiger partial charge in [-0.25, -0.2) is 0 Å². The molecule has 2 atom stereocenters. The van der Waals surface area contributed by atoms with Gasteiger partial charge in [0.15, 0.2) is 0 Å². The second-order valence-electron chi connectivity index (χ2n) is 4.96. The first-order valence-corrected chi connectivity index (χ1v) is 7.13. The Hall–Kier alpha value is -1.02. The average Bonchev–Trinajstić information content (AvgIpc) is 2.43. The molecule has 3 rings (SSSR count). The van der Waals surface area contributed by atoms with E-state index in [-0.39, 0.29) is 5.92 Å². The third-order valence-corrected chi connectivity index (χ3v) is 4.59. The lowest BCUT2D eigenvalue weighted by atomic mass is 9.78. The van der Waals surface area contributed by atoms with E-state index in [0.717, 1.165) is 24.0 Å². The lowest BCUT2D eigenvalue weighted by Crippen LogP contribution is -2.18. The molecule has 0 radical (unpaired) electrons. The van der Waals surface area contributed by atoms with Gasteiger partial charge < -0.3 is 5.11 Å². The predicted octanol–water partition coefficient (Wildman–Crippen LogP) is 4.76. The van der Waals surface area contributed by atoms with Crippen molar-refractivity contribution in [1.29, 1.82) is 0 Å². The summed E-state index contributed by atoms with van der Waals surface area (Å²) in [4.78, 5) is 0. The molecule has 0 unspecified atom stereocenters. The Kier molecular flexibility index (Phi) is 3.53. The van der Waals surface area contributed by atoms with Crippen molar-refractivity contribution < 1.29 is 5.11 Å². The zero-order valence-electron chi connectivity index (χ0n) is 10.3. The van der Waals surface area contributed by atoms with Gasteiger partial charge in [-0.1, -0.05) is 53.5 Å². The fraction of sp³-hybridized carbons (Fsp3) is 0.250. The van der Waals surface area contributed by atoms with Crippen LogP contribution in [0.3, 0.4) is 0 Å². The number of halogens is 2. The molecular weight excluding hydrogens is 279 g/mol. The molecule has 1 aliphatic rings. The third kappa shape index (κ3) is 2.38. The molecule has 1 aliphatic carbocycles. The Morgan fingerprint density at radius 3 is 2.58 bits per heavy atom. The highest BCUT2D eigenvalue weighted by atomic mass is 35.5. The molecule has 1 nitrogen and oxygen atoms in total. The number of aryl methyl sites for hydroxylation is 1. The second-order valence-corrected chi connectivity index (χ2v) is 5.78. The predicted molar refractivity (Wildman–Crippen MR) is 78.9 cm³/mol. The maximum absolute atomic E-state index is 10.6. The van der Waals surface area contributed by atoms with Gasteiger partial charge in [0.25, 0.3) is 0 Å². The summed E-state index contributed by atoms with van der Waals surface area (Å²) in [6, 6.07) is 13.7. The van der Waals surface area contributed by atoms with Gasteiger partial charge in [-0.2, -0.15) is 0 Å². The van der Waals surface area contributed by atoms with E-state index in [1.807, 2.05) is 30.3 Å². The highest BCUT2D eigenvalue weighted by Crippen LogP contribution is 2.41. The Balaban J connectivity index is 1.97. The molecule has 0 heterocycles.